The maximum absolute atomic E-state index is 11.8. The molecule has 1 aliphatic heterocycles. The van der Waals surface area contributed by atoms with Crippen LogP contribution >= 0.6 is 12.2 Å². The first-order valence-electron chi connectivity index (χ1n) is 9.51. The van der Waals surface area contributed by atoms with E-state index >= 15 is 0 Å². The van der Waals surface area contributed by atoms with Gasteiger partial charge in [0.05, 0.1) is 13.2 Å². The van der Waals surface area contributed by atoms with Crippen molar-refractivity contribution in [2.45, 2.75) is 45.3 Å². The zero-order valence-electron chi connectivity index (χ0n) is 15.9. The molecule has 1 amide bonds. The minimum absolute atomic E-state index is 0.0605. The number of carbonyl (C=O) groups excluding carboxylic acids is 1. The van der Waals surface area contributed by atoms with Crippen molar-refractivity contribution in [1.82, 2.24) is 29.5 Å². The molecule has 1 aliphatic carbocycles. The number of rotatable bonds is 8. The summed E-state index contributed by atoms with van der Waals surface area (Å²) in [5.74, 6) is 1.55. The molecule has 0 unspecified atom stereocenters. The summed E-state index contributed by atoms with van der Waals surface area (Å²) in [5.41, 5.74) is 0. The van der Waals surface area contributed by atoms with Gasteiger partial charge in [-0.3, -0.25) is 14.6 Å². The first-order valence-corrected chi connectivity index (χ1v) is 9.92. The van der Waals surface area contributed by atoms with Crippen LogP contribution in [0, 0.1) is 4.77 Å². The second-order valence-electron chi connectivity index (χ2n) is 7.52. The largest absolute Gasteiger partial charge is 0.352 e. The summed E-state index contributed by atoms with van der Waals surface area (Å²) < 4.78 is 5.10. The molecule has 1 aromatic heterocycles. The highest BCUT2D eigenvalue weighted by molar-refractivity contribution is 7.71. The topological polar surface area (TPSA) is 58.3 Å². The summed E-state index contributed by atoms with van der Waals surface area (Å²) >= 11 is 5.70. The van der Waals surface area contributed by atoms with E-state index in [9.17, 15) is 4.79 Å². The predicted octanol–water partition coefficient (Wildman–Crippen LogP) is 1.75. The number of hydrogen-bond acceptors (Lipinski definition) is 5. The number of nitrogens with one attached hydrogen (secondary N) is 1. The second-order valence-corrected chi connectivity index (χ2v) is 7.89. The lowest BCUT2D eigenvalue weighted by Gasteiger charge is -2.33. The van der Waals surface area contributed by atoms with Crippen LogP contribution in [-0.4, -0.2) is 69.3 Å². The predicted molar refractivity (Wildman–Crippen MR) is 105 cm³/mol. The normalized spacial score (nSPS) is 19.0. The Morgan fingerprint density at radius 3 is 2.54 bits per heavy atom. The molecule has 7 nitrogen and oxygen atoms in total. The van der Waals surface area contributed by atoms with Crippen LogP contribution in [0.15, 0.2) is 12.7 Å². The average Bonchev–Trinajstić information content (AvgIpc) is 3.39. The molecular formula is C18H30N6OS. The molecule has 0 aromatic carbocycles. The van der Waals surface area contributed by atoms with Crippen LogP contribution in [0.4, 0.5) is 0 Å². The Kier molecular flexibility index (Phi) is 6.26. The number of piperazine rings is 1. The van der Waals surface area contributed by atoms with E-state index in [1.54, 1.807) is 6.08 Å². The number of aromatic nitrogens is 3. The minimum Gasteiger partial charge on any atom is -0.352 e. The van der Waals surface area contributed by atoms with Gasteiger partial charge in [-0.05, 0) is 25.1 Å². The molecule has 0 spiro atoms. The summed E-state index contributed by atoms with van der Waals surface area (Å²) in [6, 6.07) is 0.555. The van der Waals surface area contributed by atoms with Crippen LogP contribution < -0.4 is 5.32 Å². The van der Waals surface area contributed by atoms with Gasteiger partial charge in [-0.15, -0.1) is 6.58 Å². The van der Waals surface area contributed by atoms with Gasteiger partial charge in [0.25, 0.3) is 0 Å². The van der Waals surface area contributed by atoms with Crippen LogP contribution in [0.5, 0.6) is 0 Å². The maximum Gasteiger partial charge on any atom is 0.234 e. The standard InChI is InChI=1S/C18H30N6OS/c1-4-7-19-16(25)12-21-8-10-22(11-9-21)13-23-18(26)24(15-5-6-15)17(20-23)14(2)3/h4,14-15H,1,5-13H2,2-3H3,(H,19,25). The number of carbonyl (C=O) groups is 1. The van der Waals surface area contributed by atoms with Gasteiger partial charge in [-0.25, -0.2) is 4.68 Å². The molecule has 2 heterocycles. The Morgan fingerprint density at radius 2 is 1.96 bits per heavy atom. The van der Waals surface area contributed by atoms with Crippen LogP contribution in [0.3, 0.4) is 0 Å². The van der Waals surface area contributed by atoms with E-state index in [1.165, 1.54) is 12.8 Å². The highest BCUT2D eigenvalue weighted by atomic mass is 32.1. The lowest BCUT2D eigenvalue weighted by Crippen LogP contribution is -2.49. The first kappa shape index (κ1) is 19.3. The molecule has 2 fully saturated rings. The van der Waals surface area contributed by atoms with Crippen LogP contribution in [-0.2, 0) is 11.5 Å². The van der Waals surface area contributed by atoms with Crippen molar-refractivity contribution in [3.05, 3.63) is 23.3 Å². The van der Waals surface area contributed by atoms with Gasteiger partial charge in [-0.2, -0.15) is 5.10 Å². The third-order valence-corrected chi connectivity index (χ3v) is 5.34. The maximum atomic E-state index is 11.8. The van der Waals surface area contributed by atoms with E-state index in [4.69, 9.17) is 17.3 Å². The van der Waals surface area contributed by atoms with Crippen LogP contribution in [0.25, 0.3) is 0 Å². The molecule has 1 aromatic rings. The fraction of sp³-hybridized carbons (Fsp3) is 0.722. The molecule has 0 atom stereocenters. The highest BCUT2D eigenvalue weighted by Gasteiger charge is 2.30. The van der Waals surface area contributed by atoms with Gasteiger partial charge in [0.15, 0.2) is 4.77 Å². The third kappa shape index (κ3) is 4.61. The Bertz CT molecular complexity index is 697. The smallest absolute Gasteiger partial charge is 0.234 e. The van der Waals surface area contributed by atoms with Crippen molar-refractivity contribution in [3.8, 4) is 0 Å². The monoisotopic (exact) mass is 378 g/mol. The average molecular weight is 379 g/mol. The van der Waals surface area contributed by atoms with Gasteiger partial charge < -0.3 is 9.88 Å². The Morgan fingerprint density at radius 1 is 1.31 bits per heavy atom. The molecule has 2 aliphatic rings. The Labute approximate surface area is 160 Å². The summed E-state index contributed by atoms with van der Waals surface area (Å²) in [6.07, 6.45) is 4.13. The lowest BCUT2D eigenvalue weighted by atomic mass is 10.2. The van der Waals surface area contributed by atoms with E-state index in [2.05, 4.69) is 40.1 Å². The van der Waals surface area contributed by atoms with Crippen molar-refractivity contribution < 1.29 is 4.79 Å². The molecule has 1 saturated carbocycles. The summed E-state index contributed by atoms with van der Waals surface area (Å²) in [7, 11) is 0. The molecule has 0 radical (unpaired) electrons. The zero-order valence-corrected chi connectivity index (χ0v) is 16.7. The zero-order chi connectivity index (χ0) is 18.7. The van der Waals surface area contributed by atoms with Crippen molar-refractivity contribution in [2.24, 2.45) is 0 Å². The van der Waals surface area contributed by atoms with Crippen molar-refractivity contribution in [2.75, 3.05) is 39.3 Å². The quantitative estimate of drug-likeness (QED) is 0.552. The van der Waals surface area contributed by atoms with Gasteiger partial charge in [-0.1, -0.05) is 19.9 Å². The third-order valence-electron chi connectivity index (χ3n) is 4.93. The van der Waals surface area contributed by atoms with E-state index in [0.717, 1.165) is 43.4 Å². The van der Waals surface area contributed by atoms with Gasteiger partial charge in [0, 0.05) is 44.7 Å². The van der Waals surface area contributed by atoms with Crippen molar-refractivity contribution >= 4 is 18.1 Å². The molecule has 144 valence electrons. The van der Waals surface area contributed by atoms with Gasteiger partial charge in [0.1, 0.15) is 5.82 Å². The van der Waals surface area contributed by atoms with E-state index in [1.807, 2.05) is 4.68 Å². The molecule has 8 heteroatoms. The van der Waals surface area contributed by atoms with Gasteiger partial charge in [0.2, 0.25) is 5.91 Å². The highest BCUT2D eigenvalue weighted by Crippen LogP contribution is 2.37. The lowest BCUT2D eigenvalue weighted by molar-refractivity contribution is -0.122. The van der Waals surface area contributed by atoms with E-state index in [0.29, 0.717) is 25.0 Å². The molecule has 26 heavy (non-hydrogen) atoms. The van der Waals surface area contributed by atoms with E-state index < -0.39 is 0 Å². The van der Waals surface area contributed by atoms with Crippen LogP contribution in [0.1, 0.15) is 44.5 Å². The molecular weight excluding hydrogens is 348 g/mol. The fourth-order valence-corrected chi connectivity index (χ4v) is 3.66. The number of hydrogen-bond donors (Lipinski definition) is 1. The molecule has 1 saturated heterocycles. The molecule has 3 rings (SSSR count). The fourth-order valence-electron chi connectivity index (χ4n) is 3.32. The molecule has 1 N–H and O–H groups in total. The first-order chi connectivity index (χ1) is 12.5. The Hall–Kier alpha value is -1.51. The van der Waals surface area contributed by atoms with E-state index in [-0.39, 0.29) is 5.91 Å². The summed E-state index contributed by atoms with van der Waals surface area (Å²) in [6.45, 7) is 13.3. The minimum atomic E-state index is 0.0605. The van der Waals surface area contributed by atoms with Crippen molar-refractivity contribution in [1.29, 1.82) is 0 Å². The number of nitrogens with zero attached hydrogens (tertiary/aromatic N) is 5. The Balaban J connectivity index is 1.55. The summed E-state index contributed by atoms with van der Waals surface area (Å²) in [4.78, 5) is 16.4. The van der Waals surface area contributed by atoms with Crippen molar-refractivity contribution in [3.63, 3.8) is 0 Å². The molecule has 0 bridgehead atoms. The van der Waals surface area contributed by atoms with Crippen LogP contribution in [0.2, 0.25) is 0 Å². The SMILES string of the molecule is C=CCNC(=O)CN1CCN(Cn2nc(C(C)C)n(C3CC3)c2=S)CC1. The summed E-state index contributed by atoms with van der Waals surface area (Å²) in [5, 5.41) is 7.64. The van der Waals surface area contributed by atoms with Gasteiger partial charge >= 0.3 is 0 Å². The number of amides is 1. The second kappa shape index (κ2) is 8.45.